The van der Waals surface area contributed by atoms with Crippen LogP contribution in [-0.2, 0) is 11.3 Å². The number of halogens is 2. The lowest BCUT2D eigenvalue weighted by Crippen LogP contribution is -2.48. The van der Waals surface area contributed by atoms with E-state index in [1.54, 1.807) is 0 Å². The van der Waals surface area contributed by atoms with Crippen LogP contribution in [0.5, 0.6) is 0 Å². The molecule has 1 aliphatic heterocycles. The highest BCUT2D eigenvalue weighted by Gasteiger charge is 2.30. The van der Waals surface area contributed by atoms with Crippen molar-refractivity contribution in [3.8, 4) is 0 Å². The Bertz CT molecular complexity index is 1310. The molecule has 3 aromatic rings. The molecule has 0 radical (unpaired) electrons. The fourth-order valence-electron chi connectivity index (χ4n) is 5.60. The van der Waals surface area contributed by atoms with Gasteiger partial charge in [0.05, 0.1) is 12.0 Å². The number of hydrogen-bond donors (Lipinski definition) is 0. The van der Waals surface area contributed by atoms with Crippen molar-refractivity contribution in [2.75, 3.05) is 26.2 Å². The fourth-order valence-corrected chi connectivity index (χ4v) is 5.60. The molecule has 1 fully saturated rings. The highest BCUT2D eigenvalue weighted by Crippen LogP contribution is 2.34. The summed E-state index contributed by atoms with van der Waals surface area (Å²) in [5.74, 6) is 0.987. The van der Waals surface area contributed by atoms with Gasteiger partial charge in [-0.2, -0.15) is 0 Å². The summed E-state index contributed by atoms with van der Waals surface area (Å²) in [4.78, 5) is 4.88. The van der Waals surface area contributed by atoms with E-state index in [9.17, 15) is 8.78 Å². The van der Waals surface area contributed by atoms with Crippen LogP contribution >= 0.6 is 0 Å². The molecule has 1 heterocycles. The van der Waals surface area contributed by atoms with Crippen molar-refractivity contribution in [3.05, 3.63) is 142 Å². The van der Waals surface area contributed by atoms with Crippen LogP contribution in [0.1, 0.15) is 43.5 Å². The second-order valence-electron chi connectivity index (χ2n) is 11.0. The highest BCUT2D eigenvalue weighted by molar-refractivity contribution is 5.37. The molecule has 0 spiro atoms. The zero-order valence-electron chi connectivity index (χ0n) is 23.6. The predicted molar refractivity (Wildman–Crippen MR) is 157 cm³/mol. The van der Waals surface area contributed by atoms with E-state index in [1.807, 2.05) is 42.5 Å². The van der Waals surface area contributed by atoms with Crippen LogP contribution < -0.4 is 0 Å². The molecule has 0 aromatic heterocycles. The normalized spacial score (nSPS) is 18.3. The van der Waals surface area contributed by atoms with Crippen molar-refractivity contribution in [2.45, 2.75) is 33.4 Å². The number of piperazine rings is 1. The molecule has 5 heteroatoms. The third kappa shape index (κ3) is 6.53. The Kier molecular flexibility index (Phi) is 8.81. The maximum absolute atomic E-state index is 13.7. The summed E-state index contributed by atoms with van der Waals surface area (Å²) in [6, 6.07) is 23.6. The van der Waals surface area contributed by atoms with E-state index in [0.29, 0.717) is 12.5 Å². The summed E-state index contributed by atoms with van der Waals surface area (Å²) in [5.41, 5.74) is 5.69. The lowest BCUT2D eigenvalue weighted by atomic mass is 9.96. The minimum Gasteiger partial charge on any atom is -0.493 e. The van der Waals surface area contributed by atoms with Gasteiger partial charge in [-0.05, 0) is 71.5 Å². The van der Waals surface area contributed by atoms with Gasteiger partial charge in [0.2, 0.25) is 0 Å². The van der Waals surface area contributed by atoms with Gasteiger partial charge >= 0.3 is 0 Å². The molecule has 1 atom stereocenters. The Labute approximate surface area is 237 Å². The molecule has 0 bridgehead atoms. The number of nitrogens with zero attached hydrogens (tertiary/aromatic N) is 2. The van der Waals surface area contributed by atoms with Crippen LogP contribution in [0.2, 0.25) is 0 Å². The molecule has 208 valence electrons. The summed E-state index contributed by atoms with van der Waals surface area (Å²) in [6.07, 6.45) is 6.72. The van der Waals surface area contributed by atoms with Gasteiger partial charge in [0.15, 0.2) is 0 Å². The van der Waals surface area contributed by atoms with Crippen molar-refractivity contribution < 1.29 is 13.5 Å². The van der Waals surface area contributed by atoms with Crippen LogP contribution in [0.25, 0.3) is 0 Å². The number of hydrogen-bond acceptors (Lipinski definition) is 3. The van der Waals surface area contributed by atoms with E-state index < -0.39 is 0 Å². The maximum Gasteiger partial charge on any atom is 0.123 e. The summed E-state index contributed by atoms with van der Waals surface area (Å²) < 4.78 is 33.9. The van der Waals surface area contributed by atoms with E-state index in [4.69, 9.17) is 4.74 Å². The lowest BCUT2D eigenvalue weighted by molar-refractivity contribution is 0.115. The van der Waals surface area contributed by atoms with E-state index in [0.717, 1.165) is 48.6 Å². The molecule has 0 amide bonds. The smallest absolute Gasteiger partial charge is 0.123 e. The molecule has 1 aliphatic carbocycles. The highest BCUT2D eigenvalue weighted by atomic mass is 19.1. The van der Waals surface area contributed by atoms with Gasteiger partial charge in [0.25, 0.3) is 0 Å². The molecule has 1 unspecified atom stereocenters. The Hall–Kier alpha value is -3.70. The number of allylic oxidation sites excluding steroid dienone is 4. The zero-order chi connectivity index (χ0) is 28.1. The fraction of sp³-hybridized carbons (Fsp3) is 0.314. The van der Waals surface area contributed by atoms with E-state index in [-0.39, 0.29) is 23.6 Å². The van der Waals surface area contributed by atoms with Crippen LogP contribution in [0.15, 0.2) is 114 Å². The molecular weight excluding hydrogens is 502 g/mol. The van der Waals surface area contributed by atoms with E-state index in [1.165, 1.54) is 35.5 Å². The minimum absolute atomic E-state index is 0.0685. The lowest BCUT2D eigenvalue weighted by Gasteiger charge is -2.42. The quantitative estimate of drug-likeness (QED) is 0.289. The van der Waals surface area contributed by atoms with Gasteiger partial charge in [-0.25, -0.2) is 8.78 Å². The molecule has 1 saturated heterocycles. The van der Waals surface area contributed by atoms with Crippen molar-refractivity contribution in [1.29, 1.82) is 0 Å². The molecule has 40 heavy (non-hydrogen) atoms. The van der Waals surface area contributed by atoms with Gasteiger partial charge in [-0.1, -0.05) is 74.5 Å². The van der Waals surface area contributed by atoms with Gasteiger partial charge in [0.1, 0.15) is 24.0 Å². The Morgan fingerprint density at radius 2 is 1.35 bits per heavy atom. The first kappa shape index (κ1) is 27.9. The summed E-state index contributed by atoms with van der Waals surface area (Å²) >= 11 is 0. The Balaban J connectivity index is 1.34. The van der Waals surface area contributed by atoms with Crippen LogP contribution in [0, 0.1) is 23.5 Å². The number of ether oxygens (including phenoxy) is 1. The summed E-state index contributed by atoms with van der Waals surface area (Å²) in [6.45, 7) is 10.6. The standard InChI is InChI=1S/C35H38F2N2O/c1-25(2)30-13-18-33(26(3)34(23-30)40-24-27-7-5-4-6-8-27)38-19-21-39(22-20-38)35(28-9-14-31(36)15-10-28)29-11-16-32(37)17-12-29/h4-18,23,25-26,35H,19-22,24H2,1-3H3. The van der Waals surface area contributed by atoms with Crippen molar-refractivity contribution in [1.82, 2.24) is 9.80 Å². The number of rotatable bonds is 8. The largest absolute Gasteiger partial charge is 0.493 e. The van der Waals surface area contributed by atoms with Crippen molar-refractivity contribution in [3.63, 3.8) is 0 Å². The first-order chi connectivity index (χ1) is 19.4. The van der Waals surface area contributed by atoms with Gasteiger partial charge in [-0.3, -0.25) is 4.90 Å². The number of benzene rings is 3. The van der Waals surface area contributed by atoms with Crippen LogP contribution in [0.4, 0.5) is 8.78 Å². The first-order valence-electron chi connectivity index (χ1n) is 14.2. The van der Waals surface area contributed by atoms with Gasteiger partial charge in [-0.15, -0.1) is 0 Å². The zero-order valence-corrected chi connectivity index (χ0v) is 23.6. The summed E-state index contributed by atoms with van der Waals surface area (Å²) in [7, 11) is 0. The monoisotopic (exact) mass is 540 g/mol. The Morgan fingerprint density at radius 1 is 0.775 bits per heavy atom. The van der Waals surface area contributed by atoms with Crippen LogP contribution in [0.3, 0.4) is 0 Å². The minimum atomic E-state index is -0.257. The third-order valence-electron chi connectivity index (χ3n) is 7.96. The topological polar surface area (TPSA) is 15.7 Å². The maximum atomic E-state index is 13.7. The molecule has 0 N–H and O–H groups in total. The average Bonchev–Trinajstić information content (AvgIpc) is 3.14. The Morgan fingerprint density at radius 3 is 1.90 bits per heavy atom. The van der Waals surface area contributed by atoms with Gasteiger partial charge < -0.3 is 9.64 Å². The molecule has 5 rings (SSSR count). The molecule has 2 aliphatic rings. The molecule has 3 nitrogen and oxygen atoms in total. The van der Waals surface area contributed by atoms with Crippen molar-refractivity contribution >= 4 is 0 Å². The SMILES string of the molecule is CC(C)C1=CC=C(N2CCN(C(c3ccc(F)cc3)c3ccc(F)cc3)CC2)C(C)C(OCc2ccccc2)=C1. The van der Waals surface area contributed by atoms with Gasteiger partial charge in [0, 0.05) is 31.9 Å². The second-order valence-corrected chi connectivity index (χ2v) is 11.0. The molecular formula is C35H38F2N2O. The van der Waals surface area contributed by atoms with Crippen molar-refractivity contribution in [2.24, 2.45) is 11.8 Å². The second kappa shape index (κ2) is 12.6. The summed E-state index contributed by atoms with van der Waals surface area (Å²) in [5, 5.41) is 0. The first-order valence-corrected chi connectivity index (χ1v) is 14.2. The van der Waals surface area contributed by atoms with E-state index in [2.05, 4.69) is 60.9 Å². The third-order valence-corrected chi connectivity index (χ3v) is 7.96. The van der Waals surface area contributed by atoms with Crippen LogP contribution in [-0.4, -0.2) is 36.0 Å². The van der Waals surface area contributed by atoms with E-state index >= 15 is 0 Å². The average molecular weight is 541 g/mol. The molecule has 0 saturated carbocycles. The molecule has 3 aromatic carbocycles. The predicted octanol–water partition coefficient (Wildman–Crippen LogP) is 7.89.